The number of anilines is 1. The fourth-order valence-electron chi connectivity index (χ4n) is 4.28. The number of nitrogens with zero attached hydrogens (tertiary/aromatic N) is 2. The number of methoxy groups -OCH3 is 2. The highest BCUT2D eigenvalue weighted by molar-refractivity contribution is 7.16. The van der Waals surface area contributed by atoms with E-state index in [0.717, 1.165) is 61.2 Å². The quantitative estimate of drug-likeness (QED) is 0.613. The highest BCUT2D eigenvalue weighted by Gasteiger charge is 2.31. The molecule has 6 nitrogen and oxygen atoms in total. The van der Waals surface area contributed by atoms with Crippen molar-refractivity contribution in [3.63, 3.8) is 0 Å². The summed E-state index contributed by atoms with van der Waals surface area (Å²) in [5.41, 5.74) is 2.82. The number of hydrogen-bond donors (Lipinski definition) is 1. The molecule has 1 N–H and O–H groups in total. The second kappa shape index (κ2) is 9.71. The van der Waals surface area contributed by atoms with Crippen LogP contribution in [0.15, 0.2) is 18.2 Å². The van der Waals surface area contributed by atoms with Gasteiger partial charge in [-0.25, -0.2) is 0 Å². The molecule has 0 atom stereocenters. The smallest absolute Gasteiger partial charge is 0.239 e. The van der Waals surface area contributed by atoms with Crippen molar-refractivity contribution in [2.75, 3.05) is 26.1 Å². The van der Waals surface area contributed by atoms with Gasteiger partial charge in [0, 0.05) is 23.0 Å². The zero-order valence-electron chi connectivity index (χ0n) is 18.2. The molecule has 0 spiro atoms. The number of ether oxygens (including phenoxy) is 2. The predicted octanol–water partition coefficient (Wildman–Crippen LogP) is 4.51. The van der Waals surface area contributed by atoms with Crippen LogP contribution in [0.1, 0.15) is 53.7 Å². The number of carbonyl (C=O) groups excluding carboxylic acids is 1. The van der Waals surface area contributed by atoms with Crippen molar-refractivity contribution in [3.8, 4) is 17.6 Å². The van der Waals surface area contributed by atoms with Gasteiger partial charge in [0.2, 0.25) is 5.91 Å². The third-order valence-corrected chi connectivity index (χ3v) is 7.26. The molecule has 164 valence electrons. The van der Waals surface area contributed by atoms with Crippen molar-refractivity contribution >= 4 is 22.2 Å². The minimum atomic E-state index is -0.0679. The normalized spacial score (nSPS) is 15.7. The number of hydrogen-bond acceptors (Lipinski definition) is 6. The van der Waals surface area contributed by atoms with Crippen LogP contribution in [-0.4, -0.2) is 37.6 Å². The minimum absolute atomic E-state index is 0.0679. The highest BCUT2D eigenvalue weighted by atomic mass is 32.1. The molecule has 31 heavy (non-hydrogen) atoms. The van der Waals surface area contributed by atoms with Crippen molar-refractivity contribution in [1.82, 2.24) is 4.90 Å². The van der Waals surface area contributed by atoms with Crippen molar-refractivity contribution < 1.29 is 14.3 Å². The molecular formula is C24H29N3O3S. The first-order valence-corrected chi connectivity index (χ1v) is 11.7. The molecular weight excluding hydrogens is 410 g/mol. The maximum atomic E-state index is 13.0. The van der Waals surface area contributed by atoms with E-state index in [1.54, 1.807) is 25.6 Å². The molecule has 2 aliphatic carbocycles. The molecule has 0 unspecified atom stereocenters. The summed E-state index contributed by atoms with van der Waals surface area (Å²) < 4.78 is 10.9. The average molecular weight is 440 g/mol. The number of thiophene rings is 1. The third-order valence-electron chi connectivity index (χ3n) is 6.06. The second-order valence-corrected chi connectivity index (χ2v) is 9.35. The first-order chi connectivity index (χ1) is 15.1. The van der Waals surface area contributed by atoms with Gasteiger partial charge in [0.05, 0.1) is 26.3 Å². The fourth-order valence-corrected chi connectivity index (χ4v) is 5.53. The van der Waals surface area contributed by atoms with Crippen molar-refractivity contribution in [2.24, 2.45) is 0 Å². The Bertz CT molecular complexity index is 991. The molecule has 2 aliphatic rings. The topological polar surface area (TPSA) is 74.6 Å². The zero-order chi connectivity index (χ0) is 21.8. The second-order valence-electron chi connectivity index (χ2n) is 8.24. The fraction of sp³-hybridized carbons (Fsp3) is 0.500. The van der Waals surface area contributed by atoms with E-state index >= 15 is 0 Å². The first-order valence-electron chi connectivity index (χ1n) is 10.9. The average Bonchev–Trinajstić information content (AvgIpc) is 3.59. The SMILES string of the molecule is COc1ccc(OC)c(CN(CC(=O)Nc2sc3c(c2C#N)CCCCC3)C2CC2)c1. The van der Waals surface area contributed by atoms with E-state index in [9.17, 15) is 10.1 Å². The third kappa shape index (κ3) is 5.03. The van der Waals surface area contributed by atoms with Crippen molar-refractivity contribution in [1.29, 1.82) is 5.26 Å². The molecule has 1 heterocycles. The van der Waals surface area contributed by atoms with Crippen LogP contribution in [0.3, 0.4) is 0 Å². The van der Waals surface area contributed by atoms with Gasteiger partial charge in [-0.1, -0.05) is 6.42 Å². The van der Waals surface area contributed by atoms with Crippen LogP contribution >= 0.6 is 11.3 Å². The molecule has 1 saturated carbocycles. The molecule has 0 saturated heterocycles. The molecule has 0 radical (unpaired) electrons. The Morgan fingerprint density at radius 2 is 2.03 bits per heavy atom. The van der Waals surface area contributed by atoms with Crippen LogP contribution < -0.4 is 14.8 Å². The summed E-state index contributed by atoms with van der Waals surface area (Å²) >= 11 is 1.58. The Balaban J connectivity index is 1.48. The van der Waals surface area contributed by atoms with Gasteiger partial charge in [-0.05, 0) is 62.3 Å². The minimum Gasteiger partial charge on any atom is -0.497 e. The van der Waals surface area contributed by atoms with Gasteiger partial charge < -0.3 is 14.8 Å². The van der Waals surface area contributed by atoms with Crippen LogP contribution in [0.2, 0.25) is 0 Å². The molecule has 1 amide bonds. The van der Waals surface area contributed by atoms with E-state index in [0.29, 0.717) is 29.7 Å². The summed E-state index contributed by atoms with van der Waals surface area (Å²) in [5.74, 6) is 1.50. The number of rotatable bonds is 8. The largest absolute Gasteiger partial charge is 0.497 e. The number of carbonyl (C=O) groups is 1. The lowest BCUT2D eigenvalue weighted by Gasteiger charge is -2.23. The maximum Gasteiger partial charge on any atom is 0.239 e. The van der Waals surface area contributed by atoms with Crippen LogP contribution in [-0.2, 0) is 24.2 Å². The molecule has 0 bridgehead atoms. The van der Waals surface area contributed by atoms with Gasteiger partial charge >= 0.3 is 0 Å². The zero-order valence-corrected chi connectivity index (χ0v) is 19.0. The number of benzene rings is 1. The Morgan fingerprint density at radius 3 is 2.74 bits per heavy atom. The molecule has 1 aromatic carbocycles. The summed E-state index contributed by atoms with van der Waals surface area (Å²) in [6, 6.07) is 8.49. The Morgan fingerprint density at radius 1 is 1.23 bits per heavy atom. The van der Waals surface area contributed by atoms with E-state index in [2.05, 4.69) is 16.3 Å². The van der Waals surface area contributed by atoms with E-state index < -0.39 is 0 Å². The van der Waals surface area contributed by atoms with Crippen LogP contribution in [0.25, 0.3) is 0 Å². The number of amides is 1. The molecule has 4 rings (SSSR count). The van der Waals surface area contributed by atoms with Gasteiger partial charge in [0.25, 0.3) is 0 Å². The number of fused-ring (bicyclic) bond motifs is 1. The summed E-state index contributed by atoms with van der Waals surface area (Å²) in [4.78, 5) is 16.4. The molecule has 7 heteroatoms. The van der Waals surface area contributed by atoms with E-state index in [1.807, 2.05) is 18.2 Å². The van der Waals surface area contributed by atoms with Crippen LogP contribution in [0.5, 0.6) is 11.5 Å². The Hall–Kier alpha value is -2.56. The number of nitrogens with one attached hydrogen (secondary N) is 1. The van der Waals surface area contributed by atoms with Gasteiger partial charge in [0.15, 0.2) is 0 Å². The Labute approximate surface area is 187 Å². The molecule has 2 aromatic rings. The van der Waals surface area contributed by atoms with Crippen LogP contribution in [0.4, 0.5) is 5.00 Å². The first kappa shape index (κ1) is 21.7. The predicted molar refractivity (Wildman–Crippen MR) is 122 cm³/mol. The summed E-state index contributed by atoms with van der Waals surface area (Å²) in [5, 5.41) is 13.5. The highest BCUT2D eigenvalue weighted by Crippen LogP contribution is 2.37. The van der Waals surface area contributed by atoms with Crippen molar-refractivity contribution in [3.05, 3.63) is 39.8 Å². The van der Waals surface area contributed by atoms with Crippen LogP contribution in [0, 0.1) is 11.3 Å². The summed E-state index contributed by atoms with van der Waals surface area (Å²) in [7, 11) is 3.30. The van der Waals surface area contributed by atoms with Gasteiger partial charge in [0.1, 0.15) is 22.6 Å². The monoisotopic (exact) mass is 439 g/mol. The Kier molecular flexibility index (Phi) is 6.79. The lowest BCUT2D eigenvalue weighted by atomic mass is 10.1. The number of nitriles is 1. The standard InChI is InChI=1S/C24H29N3O3S/c1-29-18-10-11-21(30-2)16(12-18)14-27(17-8-9-17)15-23(28)26-24-20(13-25)19-6-4-3-5-7-22(19)31-24/h10-12,17H,3-9,14-15H2,1-2H3,(H,26,28). The molecule has 1 fully saturated rings. The van der Waals surface area contributed by atoms with Crippen molar-refractivity contribution in [2.45, 2.75) is 57.5 Å². The van der Waals surface area contributed by atoms with Gasteiger partial charge in [-0.2, -0.15) is 5.26 Å². The summed E-state index contributed by atoms with van der Waals surface area (Å²) in [6.07, 6.45) is 7.61. The van der Waals surface area contributed by atoms with E-state index in [4.69, 9.17) is 9.47 Å². The van der Waals surface area contributed by atoms with Gasteiger partial charge in [-0.3, -0.25) is 9.69 Å². The molecule has 1 aromatic heterocycles. The van der Waals surface area contributed by atoms with Gasteiger partial charge in [-0.15, -0.1) is 11.3 Å². The lowest BCUT2D eigenvalue weighted by molar-refractivity contribution is -0.117. The van der Waals surface area contributed by atoms with E-state index in [-0.39, 0.29) is 5.91 Å². The lowest BCUT2D eigenvalue weighted by Crippen LogP contribution is -2.34. The summed E-state index contributed by atoms with van der Waals surface area (Å²) in [6.45, 7) is 0.906. The molecule has 0 aliphatic heterocycles. The number of aryl methyl sites for hydroxylation is 1. The maximum absolute atomic E-state index is 13.0. The van der Waals surface area contributed by atoms with E-state index in [1.165, 1.54) is 11.3 Å².